The van der Waals surface area contributed by atoms with Crippen LogP contribution in [-0.4, -0.2) is 61.8 Å². The zero-order valence-electron chi connectivity index (χ0n) is 21.9. The van der Waals surface area contributed by atoms with Crippen LogP contribution in [0.3, 0.4) is 0 Å². The Morgan fingerprint density at radius 1 is 1.32 bits per heavy atom. The number of nitrogens with one attached hydrogen (secondary N) is 2. The van der Waals surface area contributed by atoms with Crippen molar-refractivity contribution in [2.45, 2.75) is 52.5 Å². The quantitative estimate of drug-likeness (QED) is 0.337. The summed E-state index contributed by atoms with van der Waals surface area (Å²) in [6.07, 6.45) is 0.614. The fourth-order valence-electron chi connectivity index (χ4n) is 3.50. The van der Waals surface area contributed by atoms with Crippen LogP contribution in [0.5, 0.6) is 0 Å². The SMILES string of the molecule is CC.CCOC1(OC)CC(C(=O)NCc2cc(C#N)cs2)N(C(=O)CNC=O)C1.Cc1ccc(Br)cc1. The first-order valence-corrected chi connectivity index (χ1v) is 13.6. The molecule has 3 amide bonds. The number of hydrogen-bond donors (Lipinski definition) is 2. The maximum Gasteiger partial charge on any atom is 0.243 e. The summed E-state index contributed by atoms with van der Waals surface area (Å²) < 4.78 is 12.3. The summed E-state index contributed by atoms with van der Waals surface area (Å²) in [5.74, 6) is -1.81. The number of nitrogens with zero attached hydrogens (tertiary/aromatic N) is 2. The fourth-order valence-corrected chi connectivity index (χ4v) is 4.51. The molecule has 37 heavy (non-hydrogen) atoms. The van der Waals surface area contributed by atoms with Gasteiger partial charge in [-0.1, -0.05) is 47.5 Å². The first kappa shape index (κ1) is 32.2. The van der Waals surface area contributed by atoms with Crippen molar-refractivity contribution >= 4 is 45.5 Å². The summed E-state index contributed by atoms with van der Waals surface area (Å²) in [6, 6.07) is 11.2. The largest absolute Gasteiger partial charge is 0.351 e. The number of rotatable bonds is 9. The molecular weight excluding hydrogens is 560 g/mol. The molecule has 0 spiro atoms. The maximum absolute atomic E-state index is 12.7. The van der Waals surface area contributed by atoms with Crippen molar-refractivity contribution in [1.82, 2.24) is 15.5 Å². The zero-order valence-corrected chi connectivity index (χ0v) is 24.3. The zero-order chi connectivity index (χ0) is 27.8. The van der Waals surface area contributed by atoms with E-state index in [9.17, 15) is 14.4 Å². The van der Waals surface area contributed by atoms with E-state index in [2.05, 4.69) is 45.6 Å². The Labute approximate surface area is 231 Å². The average molecular weight is 596 g/mol. The molecular formula is C26H35BrN4O5S. The van der Waals surface area contributed by atoms with E-state index in [0.29, 0.717) is 18.6 Å². The van der Waals surface area contributed by atoms with Gasteiger partial charge in [0.1, 0.15) is 12.1 Å². The highest BCUT2D eigenvalue weighted by molar-refractivity contribution is 9.10. The van der Waals surface area contributed by atoms with Gasteiger partial charge in [0.05, 0.1) is 25.2 Å². The van der Waals surface area contributed by atoms with Crippen molar-refractivity contribution in [3.8, 4) is 6.07 Å². The molecule has 2 unspecified atom stereocenters. The highest BCUT2D eigenvalue weighted by atomic mass is 79.9. The van der Waals surface area contributed by atoms with Crippen LogP contribution in [0.4, 0.5) is 0 Å². The van der Waals surface area contributed by atoms with E-state index < -0.39 is 17.7 Å². The van der Waals surface area contributed by atoms with E-state index in [1.54, 1.807) is 18.4 Å². The van der Waals surface area contributed by atoms with Crippen molar-refractivity contribution in [2.24, 2.45) is 0 Å². The van der Waals surface area contributed by atoms with E-state index in [1.165, 1.54) is 28.9 Å². The van der Waals surface area contributed by atoms with Crippen molar-refractivity contribution in [3.05, 3.63) is 56.2 Å². The van der Waals surface area contributed by atoms with Crippen LogP contribution in [-0.2, 0) is 30.4 Å². The van der Waals surface area contributed by atoms with Crippen LogP contribution in [0, 0.1) is 18.3 Å². The summed E-state index contributed by atoms with van der Waals surface area (Å²) in [7, 11) is 1.47. The van der Waals surface area contributed by atoms with Gasteiger partial charge in [0, 0.05) is 34.9 Å². The second-order valence-corrected chi connectivity index (χ2v) is 9.63. The lowest BCUT2D eigenvalue weighted by molar-refractivity contribution is -0.210. The van der Waals surface area contributed by atoms with Gasteiger partial charge in [-0.05, 0) is 32.0 Å². The molecule has 0 radical (unpaired) electrons. The number of aryl methyl sites for hydroxylation is 1. The molecule has 1 aromatic carbocycles. The minimum atomic E-state index is -1.06. The van der Waals surface area contributed by atoms with E-state index in [1.807, 2.05) is 32.0 Å². The Kier molecular flexibility index (Phi) is 14.7. The normalized spacial score (nSPS) is 17.9. The van der Waals surface area contributed by atoms with Crippen molar-refractivity contribution in [2.75, 3.05) is 26.8 Å². The van der Waals surface area contributed by atoms with Gasteiger partial charge in [-0.2, -0.15) is 5.26 Å². The predicted octanol–water partition coefficient (Wildman–Crippen LogP) is 3.75. The molecule has 0 aliphatic carbocycles. The Balaban J connectivity index is 0.000000574. The first-order chi connectivity index (χ1) is 17.8. The molecule has 2 atom stereocenters. The summed E-state index contributed by atoms with van der Waals surface area (Å²) >= 11 is 4.72. The van der Waals surface area contributed by atoms with Crippen LogP contribution in [0.25, 0.3) is 0 Å². The Bertz CT molecular complexity index is 1020. The van der Waals surface area contributed by atoms with Crippen molar-refractivity contribution in [3.63, 3.8) is 0 Å². The Hall–Kier alpha value is -2.78. The monoisotopic (exact) mass is 594 g/mol. The van der Waals surface area contributed by atoms with Crippen LogP contribution in [0.2, 0.25) is 0 Å². The number of methoxy groups -OCH3 is 1. The molecule has 202 valence electrons. The molecule has 1 aliphatic heterocycles. The molecule has 1 saturated heterocycles. The van der Waals surface area contributed by atoms with Gasteiger partial charge in [-0.15, -0.1) is 11.3 Å². The van der Waals surface area contributed by atoms with Gasteiger partial charge < -0.3 is 25.0 Å². The van der Waals surface area contributed by atoms with E-state index in [-0.39, 0.29) is 32.0 Å². The van der Waals surface area contributed by atoms with Gasteiger partial charge in [0.25, 0.3) is 0 Å². The molecule has 9 nitrogen and oxygen atoms in total. The molecule has 2 heterocycles. The van der Waals surface area contributed by atoms with Gasteiger partial charge >= 0.3 is 0 Å². The molecule has 1 aliphatic rings. The lowest BCUT2D eigenvalue weighted by atomic mass is 10.1. The number of halogens is 1. The number of thiophene rings is 1. The van der Waals surface area contributed by atoms with Gasteiger partial charge in [0.15, 0.2) is 5.79 Å². The number of carbonyl (C=O) groups is 3. The molecule has 3 rings (SSSR count). The highest BCUT2D eigenvalue weighted by Crippen LogP contribution is 2.31. The number of benzene rings is 1. The average Bonchev–Trinajstić information content (AvgIpc) is 3.55. The Morgan fingerprint density at radius 3 is 2.51 bits per heavy atom. The second kappa shape index (κ2) is 16.9. The third kappa shape index (κ3) is 10.2. The van der Waals surface area contributed by atoms with Crippen LogP contribution < -0.4 is 10.6 Å². The number of carbonyl (C=O) groups excluding carboxylic acids is 3. The number of hydrogen-bond acceptors (Lipinski definition) is 7. The molecule has 11 heteroatoms. The Morgan fingerprint density at radius 2 is 2.00 bits per heavy atom. The van der Waals surface area contributed by atoms with Gasteiger partial charge in [-0.3, -0.25) is 14.4 Å². The second-order valence-electron chi connectivity index (χ2n) is 7.72. The standard InChI is InChI=1S/C17H22N4O5S.C7H7Br.C2H6/c1-3-26-17(25-2)5-14(21(10-17)15(23)8-19-11-22)16(24)20-7-13-4-12(6-18)9-27-13;1-6-2-4-7(8)5-3-6;1-2/h4,9,11,14H,3,5,7-8,10H2,1-2H3,(H,19,22)(H,20,24);2-5H,1H3;1-2H3. The van der Waals surface area contributed by atoms with E-state index in [4.69, 9.17) is 14.7 Å². The molecule has 1 aromatic heterocycles. The molecule has 1 fully saturated rings. The lowest BCUT2D eigenvalue weighted by Crippen LogP contribution is -2.48. The summed E-state index contributed by atoms with van der Waals surface area (Å²) in [6.45, 7) is 8.38. The third-order valence-corrected chi connectivity index (χ3v) is 6.73. The highest BCUT2D eigenvalue weighted by Gasteiger charge is 2.49. The first-order valence-electron chi connectivity index (χ1n) is 11.9. The fraction of sp³-hybridized carbons (Fsp3) is 0.462. The molecule has 2 aromatic rings. The number of amides is 3. The van der Waals surface area contributed by atoms with Crippen molar-refractivity contribution in [1.29, 1.82) is 5.26 Å². The maximum atomic E-state index is 12.7. The van der Waals surface area contributed by atoms with E-state index >= 15 is 0 Å². The summed E-state index contributed by atoms with van der Waals surface area (Å²) in [5.41, 5.74) is 1.84. The number of likely N-dealkylation sites (tertiary alicyclic amines) is 1. The molecule has 0 saturated carbocycles. The van der Waals surface area contributed by atoms with Gasteiger partial charge in [-0.25, -0.2) is 0 Å². The number of nitriles is 1. The smallest absolute Gasteiger partial charge is 0.243 e. The lowest BCUT2D eigenvalue weighted by Gasteiger charge is -2.27. The topological polar surface area (TPSA) is 121 Å². The summed E-state index contributed by atoms with van der Waals surface area (Å²) in [4.78, 5) is 37.8. The van der Waals surface area contributed by atoms with Gasteiger partial charge in [0.2, 0.25) is 18.2 Å². The predicted molar refractivity (Wildman–Crippen MR) is 147 cm³/mol. The van der Waals surface area contributed by atoms with Crippen LogP contribution in [0.15, 0.2) is 40.2 Å². The third-order valence-electron chi connectivity index (χ3n) is 5.26. The number of ether oxygens (including phenoxy) is 2. The van der Waals surface area contributed by atoms with E-state index in [0.717, 1.165) is 9.35 Å². The summed E-state index contributed by atoms with van der Waals surface area (Å²) in [5, 5.41) is 15.7. The minimum Gasteiger partial charge on any atom is -0.351 e. The van der Waals surface area contributed by atoms with Crippen LogP contribution >= 0.6 is 27.3 Å². The minimum absolute atomic E-state index is 0.0897. The van der Waals surface area contributed by atoms with Crippen molar-refractivity contribution < 1.29 is 23.9 Å². The molecule has 0 bridgehead atoms. The van der Waals surface area contributed by atoms with Crippen LogP contribution in [0.1, 0.15) is 43.2 Å². The molecule has 2 N–H and O–H groups in total.